The van der Waals surface area contributed by atoms with Gasteiger partial charge in [-0.2, -0.15) is 0 Å². The van der Waals surface area contributed by atoms with E-state index in [0.717, 1.165) is 10.5 Å². The summed E-state index contributed by atoms with van der Waals surface area (Å²) in [5.41, 5.74) is 0.480. The zero-order valence-electron chi connectivity index (χ0n) is 8.20. The third-order valence-electron chi connectivity index (χ3n) is 2.15. The molecule has 3 nitrogen and oxygen atoms in total. The fraction of sp³-hybridized carbons (Fsp3) is 0.200. The van der Waals surface area contributed by atoms with Gasteiger partial charge in [-0.25, -0.2) is 9.37 Å². The first-order valence-corrected chi connectivity index (χ1v) is 4.59. The topological polar surface area (TPSA) is 34.4 Å². The molecule has 2 aromatic rings. The van der Waals surface area contributed by atoms with Crippen molar-refractivity contribution in [1.29, 1.82) is 0 Å². The Labute approximate surface area is 87.0 Å². The summed E-state index contributed by atoms with van der Waals surface area (Å²) in [6, 6.07) is 2.53. The van der Waals surface area contributed by atoms with Crippen LogP contribution in [0.1, 0.15) is 12.6 Å². The molecule has 15 heavy (non-hydrogen) atoms. The second-order valence-electron chi connectivity index (χ2n) is 3.25. The van der Waals surface area contributed by atoms with Crippen LogP contribution in [0.25, 0.3) is 5.65 Å². The van der Waals surface area contributed by atoms with E-state index in [-0.39, 0.29) is 16.7 Å². The summed E-state index contributed by atoms with van der Waals surface area (Å²) in [6.07, 6.45) is 1.96. The van der Waals surface area contributed by atoms with Gasteiger partial charge in [0.1, 0.15) is 7.85 Å². The van der Waals surface area contributed by atoms with Crippen LogP contribution in [0.2, 0.25) is 0 Å². The molecule has 0 fully saturated rings. The van der Waals surface area contributed by atoms with Gasteiger partial charge < -0.3 is 0 Å². The van der Waals surface area contributed by atoms with Crippen molar-refractivity contribution in [2.45, 2.75) is 13.3 Å². The predicted molar refractivity (Wildman–Crippen MR) is 56.2 cm³/mol. The Morgan fingerprint density at radius 3 is 2.93 bits per heavy atom. The van der Waals surface area contributed by atoms with E-state index in [1.165, 1.54) is 12.3 Å². The van der Waals surface area contributed by atoms with Gasteiger partial charge in [-0.3, -0.25) is 9.20 Å². The standard InChI is InChI=1S/C10H8BFN2O/c1-2-7-4-9(15)14-5-6(11)3-8(12)10(14)13-7/h3-5H,2H2,1H3. The fourth-order valence-electron chi connectivity index (χ4n) is 1.41. The smallest absolute Gasteiger partial charge is 0.258 e. The molecule has 0 bridgehead atoms. The van der Waals surface area contributed by atoms with Gasteiger partial charge in [-0.15, -0.1) is 0 Å². The Morgan fingerprint density at radius 2 is 2.27 bits per heavy atom. The Balaban J connectivity index is 2.91. The molecule has 0 aliphatic heterocycles. The summed E-state index contributed by atoms with van der Waals surface area (Å²) in [6.45, 7) is 1.85. The lowest BCUT2D eigenvalue weighted by molar-refractivity contribution is 0.627. The number of pyridine rings is 1. The van der Waals surface area contributed by atoms with Gasteiger partial charge in [0.05, 0.1) is 0 Å². The molecule has 0 spiro atoms. The maximum absolute atomic E-state index is 13.4. The van der Waals surface area contributed by atoms with Gasteiger partial charge >= 0.3 is 0 Å². The van der Waals surface area contributed by atoms with E-state index in [9.17, 15) is 9.18 Å². The summed E-state index contributed by atoms with van der Waals surface area (Å²) in [4.78, 5) is 15.6. The molecular weight excluding hydrogens is 194 g/mol. The van der Waals surface area contributed by atoms with Crippen LogP contribution in [0.15, 0.2) is 23.1 Å². The fourth-order valence-corrected chi connectivity index (χ4v) is 1.41. The lowest BCUT2D eigenvalue weighted by Crippen LogP contribution is -2.20. The molecule has 0 aliphatic rings. The summed E-state index contributed by atoms with van der Waals surface area (Å²) in [5, 5.41) is 0. The SMILES string of the molecule is [B]c1cc(F)c2nc(CC)cc(=O)n2c1. The highest BCUT2D eigenvalue weighted by Crippen LogP contribution is 2.03. The molecule has 2 heterocycles. The van der Waals surface area contributed by atoms with Crippen molar-refractivity contribution in [3.8, 4) is 0 Å². The molecule has 0 aromatic carbocycles. The Bertz CT molecular complexity index is 579. The van der Waals surface area contributed by atoms with Gasteiger partial charge in [-0.1, -0.05) is 12.4 Å². The van der Waals surface area contributed by atoms with E-state index in [2.05, 4.69) is 4.98 Å². The molecule has 0 N–H and O–H groups in total. The molecule has 0 amide bonds. The summed E-state index contributed by atoms with van der Waals surface area (Å²) in [7, 11) is 5.44. The molecule has 0 saturated carbocycles. The molecule has 0 atom stereocenters. The van der Waals surface area contributed by atoms with Crippen LogP contribution in [0.5, 0.6) is 0 Å². The van der Waals surface area contributed by atoms with Gasteiger partial charge in [0, 0.05) is 18.0 Å². The first-order chi connectivity index (χ1) is 7.11. The summed E-state index contributed by atoms with van der Waals surface area (Å²) < 4.78 is 14.6. The number of hydrogen-bond acceptors (Lipinski definition) is 2. The third kappa shape index (κ3) is 1.65. The van der Waals surface area contributed by atoms with E-state index >= 15 is 0 Å². The second-order valence-corrected chi connectivity index (χ2v) is 3.25. The van der Waals surface area contributed by atoms with Crippen molar-refractivity contribution < 1.29 is 4.39 Å². The first-order valence-electron chi connectivity index (χ1n) is 4.59. The number of nitrogens with zero attached hydrogens (tertiary/aromatic N) is 2. The number of aryl methyl sites for hydroxylation is 1. The molecule has 74 valence electrons. The van der Waals surface area contributed by atoms with E-state index in [1.54, 1.807) is 0 Å². The van der Waals surface area contributed by atoms with Crippen LogP contribution < -0.4 is 11.0 Å². The summed E-state index contributed by atoms with van der Waals surface area (Å²) >= 11 is 0. The highest BCUT2D eigenvalue weighted by molar-refractivity contribution is 6.32. The van der Waals surface area contributed by atoms with Gasteiger partial charge in [0.2, 0.25) is 0 Å². The molecule has 5 heteroatoms. The number of aromatic nitrogens is 2. The quantitative estimate of drug-likeness (QED) is 0.618. The number of halogens is 1. The second kappa shape index (κ2) is 3.49. The minimum Gasteiger partial charge on any atom is -0.269 e. The molecule has 0 unspecified atom stereocenters. The Kier molecular flexibility index (Phi) is 2.30. The van der Waals surface area contributed by atoms with Crippen molar-refractivity contribution >= 4 is 19.0 Å². The monoisotopic (exact) mass is 202 g/mol. The maximum Gasteiger partial charge on any atom is 0.258 e. The van der Waals surface area contributed by atoms with Crippen LogP contribution in [0.4, 0.5) is 4.39 Å². The largest absolute Gasteiger partial charge is 0.269 e. The Morgan fingerprint density at radius 1 is 1.53 bits per heavy atom. The number of hydrogen-bond donors (Lipinski definition) is 0. The van der Waals surface area contributed by atoms with Crippen LogP contribution in [-0.2, 0) is 6.42 Å². The lowest BCUT2D eigenvalue weighted by atomic mass is 9.99. The third-order valence-corrected chi connectivity index (χ3v) is 2.15. The van der Waals surface area contributed by atoms with Gasteiger partial charge in [-0.05, 0) is 12.5 Å². The first kappa shape index (κ1) is 9.89. The predicted octanol–water partition coefficient (Wildman–Crippen LogP) is 0.190. The number of fused-ring (bicyclic) bond motifs is 1. The molecule has 0 saturated heterocycles. The van der Waals surface area contributed by atoms with Gasteiger partial charge in [0.25, 0.3) is 5.56 Å². The van der Waals surface area contributed by atoms with E-state index < -0.39 is 5.82 Å². The highest BCUT2D eigenvalue weighted by Gasteiger charge is 2.06. The average molecular weight is 202 g/mol. The zero-order chi connectivity index (χ0) is 11.0. The molecule has 0 aliphatic carbocycles. The molecular formula is C10H8BFN2O. The molecule has 2 rings (SSSR count). The van der Waals surface area contributed by atoms with Crippen LogP contribution in [-0.4, -0.2) is 17.2 Å². The Hall–Kier alpha value is -1.65. The normalized spacial score (nSPS) is 10.8. The van der Waals surface area contributed by atoms with Crippen LogP contribution in [0.3, 0.4) is 0 Å². The lowest BCUT2D eigenvalue weighted by Gasteiger charge is -2.04. The van der Waals surface area contributed by atoms with Crippen LogP contribution >= 0.6 is 0 Å². The van der Waals surface area contributed by atoms with Crippen molar-refractivity contribution in [2.75, 3.05) is 0 Å². The van der Waals surface area contributed by atoms with Crippen LogP contribution in [0, 0.1) is 5.82 Å². The van der Waals surface area contributed by atoms with Crippen molar-refractivity contribution in [2.24, 2.45) is 0 Å². The van der Waals surface area contributed by atoms with Crippen molar-refractivity contribution in [1.82, 2.24) is 9.38 Å². The summed E-state index contributed by atoms with van der Waals surface area (Å²) in [5.74, 6) is -0.581. The zero-order valence-corrected chi connectivity index (χ0v) is 8.20. The van der Waals surface area contributed by atoms with Crippen molar-refractivity contribution in [3.05, 3.63) is 40.2 Å². The minimum absolute atomic E-state index is 0.0218. The maximum atomic E-state index is 13.4. The highest BCUT2D eigenvalue weighted by atomic mass is 19.1. The van der Waals surface area contributed by atoms with Crippen molar-refractivity contribution in [3.63, 3.8) is 0 Å². The number of rotatable bonds is 1. The minimum atomic E-state index is -0.581. The molecule has 2 radical (unpaired) electrons. The van der Waals surface area contributed by atoms with E-state index in [1.807, 2.05) is 6.92 Å². The molecule has 2 aromatic heterocycles. The van der Waals surface area contributed by atoms with Gasteiger partial charge in [0.15, 0.2) is 11.5 Å². The van der Waals surface area contributed by atoms with E-state index in [4.69, 9.17) is 7.85 Å². The van der Waals surface area contributed by atoms with E-state index in [0.29, 0.717) is 12.1 Å². The average Bonchev–Trinajstić information content (AvgIpc) is 2.19.